The lowest BCUT2D eigenvalue weighted by atomic mass is 10.1. The second-order valence-electron chi connectivity index (χ2n) is 5.84. The van der Waals surface area contributed by atoms with E-state index in [9.17, 15) is 14.4 Å². The Morgan fingerprint density at radius 3 is 2.43 bits per heavy atom. The summed E-state index contributed by atoms with van der Waals surface area (Å²) >= 11 is 5.82. The lowest BCUT2D eigenvalue weighted by Gasteiger charge is -2.15. The Bertz CT molecular complexity index is 839. The SMILES string of the molecule is COCCNC(=O)[C@H](C)OC(=O)c1ccccc1NC(=O)c1ccc(Cl)cc1. The number of rotatable bonds is 8. The van der Waals surface area contributed by atoms with Gasteiger partial charge in [0.15, 0.2) is 6.10 Å². The number of halogens is 1. The predicted molar refractivity (Wildman–Crippen MR) is 106 cm³/mol. The smallest absolute Gasteiger partial charge is 0.341 e. The van der Waals surface area contributed by atoms with E-state index in [-0.39, 0.29) is 11.3 Å². The van der Waals surface area contributed by atoms with Gasteiger partial charge in [-0.1, -0.05) is 23.7 Å². The van der Waals surface area contributed by atoms with Gasteiger partial charge in [-0.3, -0.25) is 9.59 Å². The van der Waals surface area contributed by atoms with Crippen molar-refractivity contribution in [3.8, 4) is 0 Å². The molecule has 2 aromatic carbocycles. The molecule has 0 aliphatic heterocycles. The fourth-order valence-electron chi connectivity index (χ4n) is 2.26. The monoisotopic (exact) mass is 404 g/mol. The molecule has 7 nitrogen and oxygen atoms in total. The highest BCUT2D eigenvalue weighted by atomic mass is 35.5. The molecule has 0 radical (unpaired) electrons. The molecular formula is C20H21ClN2O5. The lowest BCUT2D eigenvalue weighted by Crippen LogP contribution is -2.37. The van der Waals surface area contributed by atoms with Crippen molar-refractivity contribution in [2.45, 2.75) is 13.0 Å². The zero-order valence-corrected chi connectivity index (χ0v) is 16.3. The number of amides is 2. The molecule has 2 N–H and O–H groups in total. The normalized spacial score (nSPS) is 11.4. The van der Waals surface area contributed by atoms with E-state index in [2.05, 4.69) is 10.6 Å². The van der Waals surface area contributed by atoms with E-state index in [1.807, 2.05) is 0 Å². The summed E-state index contributed by atoms with van der Waals surface area (Å²) in [5.41, 5.74) is 0.805. The van der Waals surface area contributed by atoms with Crippen molar-refractivity contribution in [1.29, 1.82) is 0 Å². The number of benzene rings is 2. The number of esters is 1. The third-order valence-corrected chi connectivity index (χ3v) is 4.01. The number of carbonyl (C=O) groups excluding carboxylic acids is 3. The fraction of sp³-hybridized carbons (Fsp3) is 0.250. The van der Waals surface area contributed by atoms with E-state index in [0.717, 1.165) is 0 Å². The molecule has 2 rings (SSSR count). The summed E-state index contributed by atoms with van der Waals surface area (Å²) in [6.45, 7) is 2.13. The molecule has 148 valence electrons. The van der Waals surface area contributed by atoms with Gasteiger partial charge in [0.1, 0.15) is 0 Å². The van der Waals surface area contributed by atoms with Gasteiger partial charge in [0.05, 0.1) is 17.9 Å². The molecule has 2 amide bonds. The first kappa shape index (κ1) is 21.4. The topological polar surface area (TPSA) is 93.7 Å². The Balaban J connectivity index is 2.06. The second-order valence-corrected chi connectivity index (χ2v) is 6.27. The largest absolute Gasteiger partial charge is 0.449 e. The summed E-state index contributed by atoms with van der Waals surface area (Å²) in [5.74, 6) is -1.56. The maximum Gasteiger partial charge on any atom is 0.341 e. The highest BCUT2D eigenvalue weighted by Crippen LogP contribution is 2.19. The van der Waals surface area contributed by atoms with E-state index < -0.39 is 23.9 Å². The van der Waals surface area contributed by atoms with Gasteiger partial charge in [-0.2, -0.15) is 0 Å². The zero-order chi connectivity index (χ0) is 20.5. The van der Waals surface area contributed by atoms with Crippen molar-refractivity contribution < 1.29 is 23.9 Å². The minimum absolute atomic E-state index is 0.140. The summed E-state index contributed by atoms with van der Waals surface area (Å²) in [6, 6.07) is 12.7. The molecule has 0 spiro atoms. The number of nitrogens with one attached hydrogen (secondary N) is 2. The highest BCUT2D eigenvalue weighted by molar-refractivity contribution is 6.30. The molecule has 0 aliphatic rings. The minimum Gasteiger partial charge on any atom is -0.449 e. The van der Waals surface area contributed by atoms with Crippen LogP contribution in [0.1, 0.15) is 27.6 Å². The maximum atomic E-state index is 12.5. The average Bonchev–Trinajstić information content (AvgIpc) is 2.68. The summed E-state index contributed by atoms with van der Waals surface area (Å²) in [4.78, 5) is 36.8. The Kier molecular flexibility index (Phi) is 7.98. The molecule has 0 fully saturated rings. The van der Waals surface area contributed by atoms with Crippen molar-refractivity contribution in [3.05, 3.63) is 64.7 Å². The summed E-state index contributed by atoms with van der Waals surface area (Å²) < 4.78 is 10.1. The van der Waals surface area contributed by atoms with Crippen molar-refractivity contribution in [2.75, 3.05) is 25.6 Å². The molecular weight excluding hydrogens is 384 g/mol. The van der Waals surface area contributed by atoms with E-state index in [0.29, 0.717) is 23.7 Å². The second kappa shape index (κ2) is 10.4. The van der Waals surface area contributed by atoms with Gasteiger partial charge in [-0.15, -0.1) is 0 Å². The van der Waals surface area contributed by atoms with Crippen molar-refractivity contribution >= 4 is 35.1 Å². The quantitative estimate of drug-likeness (QED) is 0.521. The predicted octanol–water partition coefficient (Wildman–Crippen LogP) is 2.90. The number of carbonyl (C=O) groups is 3. The molecule has 0 saturated heterocycles. The number of hydrogen-bond donors (Lipinski definition) is 2. The molecule has 28 heavy (non-hydrogen) atoms. The van der Waals surface area contributed by atoms with Crippen LogP contribution in [-0.4, -0.2) is 44.1 Å². The van der Waals surface area contributed by atoms with E-state index in [1.54, 1.807) is 42.5 Å². The molecule has 0 aromatic heterocycles. The van der Waals surface area contributed by atoms with Crippen LogP contribution in [0.2, 0.25) is 5.02 Å². The molecule has 2 aromatic rings. The van der Waals surface area contributed by atoms with Gasteiger partial charge in [-0.25, -0.2) is 4.79 Å². The molecule has 0 bridgehead atoms. The summed E-state index contributed by atoms with van der Waals surface area (Å²) in [6.07, 6.45) is -0.996. The summed E-state index contributed by atoms with van der Waals surface area (Å²) in [5, 5.41) is 5.78. The number of ether oxygens (including phenoxy) is 2. The van der Waals surface area contributed by atoms with Crippen LogP contribution < -0.4 is 10.6 Å². The average molecular weight is 405 g/mol. The molecule has 0 heterocycles. The highest BCUT2D eigenvalue weighted by Gasteiger charge is 2.21. The van der Waals surface area contributed by atoms with E-state index >= 15 is 0 Å². The van der Waals surface area contributed by atoms with E-state index in [1.165, 1.54) is 20.1 Å². The Morgan fingerprint density at radius 1 is 1.07 bits per heavy atom. The van der Waals surface area contributed by atoms with Crippen LogP contribution in [0.5, 0.6) is 0 Å². The van der Waals surface area contributed by atoms with Crippen LogP contribution in [0.4, 0.5) is 5.69 Å². The fourth-order valence-corrected chi connectivity index (χ4v) is 2.39. The molecule has 0 aliphatic carbocycles. The molecule has 0 saturated carbocycles. The standard InChI is InChI=1S/C20H21ClN2O5/c1-13(18(24)22-11-12-27-2)28-20(26)16-5-3-4-6-17(16)23-19(25)14-7-9-15(21)10-8-14/h3-10,13H,11-12H2,1-2H3,(H,22,24)(H,23,25)/t13-/m0/s1. The van der Waals surface area contributed by atoms with Gasteiger partial charge < -0.3 is 20.1 Å². The zero-order valence-electron chi connectivity index (χ0n) is 15.5. The number of anilines is 1. The van der Waals surface area contributed by atoms with Crippen molar-refractivity contribution in [1.82, 2.24) is 5.32 Å². The third-order valence-electron chi connectivity index (χ3n) is 3.76. The lowest BCUT2D eigenvalue weighted by molar-refractivity contribution is -0.129. The number of hydrogen-bond acceptors (Lipinski definition) is 5. The minimum atomic E-state index is -0.996. The number of methoxy groups -OCH3 is 1. The van der Waals surface area contributed by atoms with Crippen molar-refractivity contribution in [2.24, 2.45) is 0 Å². The summed E-state index contributed by atoms with van der Waals surface area (Å²) in [7, 11) is 1.52. The molecule has 0 unspecified atom stereocenters. The molecule has 8 heteroatoms. The maximum absolute atomic E-state index is 12.5. The molecule has 1 atom stereocenters. The van der Waals surface area contributed by atoms with Crippen LogP contribution in [0.3, 0.4) is 0 Å². The third kappa shape index (κ3) is 6.07. The van der Waals surface area contributed by atoms with Crippen LogP contribution in [-0.2, 0) is 14.3 Å². The van der Waals surface area contributed by atoms with E-state index in [4.69, 9.17) is 21.1 Å². The first-order valence-corrected chi connectivity index (χ1v) is 8.93. The Morgan fingerprint density at radius 2 is 1.75 bits per heavy atom. The van der Waals surface area contributed by atoms with Gasteiger partial charge in [-0.05, 0) is 43.3 Å². The number of para-hydroxylation sites is 1. The van der Waals surface area contributed by atoms with Crippen molar-refractivity contribution in [3.63, 3.8) is 0 Å². The van der Waals surface area contributed by atoms with Crippen LogP contribution in [0.15, 0.2) is 48.5 Å². The van der Waals surface area contributed by atoms with Gasteiger partial charge >= 0.3 is 5.97 Å². The Labute approximate surface area is 168 Å². The first-order chi connectivity index (χ1) is 13.4. The van der Waals surface area contributed by atoms with Crippen LogP contribution >= 0.6 is 11.6 Å². The Hall–Kier alpha value is -2.90. The van der Waals surface area contributed by atoms with Gasteiger partial charge in [0.25, 0.3) is 11.8 Å². The van der Waals surface area contributed by atoms with Gasteiger partial charge in [0, 0.05) is 24.2 Å². The van der Waals surface area contributed by atoms with Crippen LogP contribution in [0, 0.1) is 0 Å². The van der Waals surface area contributed by atoms with Crippen LogP contribution in [0.25, 0.3) is 0 Å². The van der Waals surface area contributed by atoms with Gasteiger partial charge in [0.2, 0.25) is 0 Å². The first-order valence-electron chi connectivity index (χ1n) is 8.56.